The second-order valence-electron chi connectivity index (χ2n) is 6.07. The van der Waals surface area contributed by atoms with Gasteiger partial charge < -0.3 is 10.2 Å². The minimum absolute atomic E-state index is 0.375. The lowest BCUT2D eigenvalue weighted by atomic mass is 9.81. The topological polar surface area (TPSA) is 28.2 Å². The van der Waals surface area contributed by atoms with Gasteiger partial charge in [0.05, 0.1) is 11.7 Å². The Hall–Kier alpha value is -2.03. The molecular formula is C18H23N3. The van der Waals surface area contributed by atoms with E-state index in [2.05, 4.69) is 52.5 Å². The Balaban J connectivity index is 1.92. The van der Waals surface area contributed by atoms with Crippen molar-refractivity contribution >= 4 is 11.5 Å². The van der Waals surface area contributed by atoms with E-state index in [1.54, 1.807) is 0 Å². The highest BCUT2D eigenvalue weighted by Gasteiger charge is 2.24. The fourth-order valence-corrected chi connectivity index (χ4v) is 3.21. The summed E-state index contributed by atoms with van der Waals surface area (Å²) in [5.74, 6) is 1.65. The molecule has 0 radical (unpaired) electrons. The highest BCUT2D eigenvalue weighted by molar-refractivity contribution is 5.65. The van der Waals surface area contributed by atoms with Crippen LogP contribution in [0.1, 0.15) is 42.9 Å². The third kappa shape index (κ3) is 2.73. The summed E-state index contributed by atoms with van der Waals surface area (Å²) in [4.78, 5) is 6.53. The van der Waals surface area contributed by atoms with E-state index < -0.39 is 0 Å². The monoisotopic (exact) mass is 281 g/mol. The lowest BCUT2D eigenvalue weighted by Gasteiger charge is -2.31. The highest BCUT2D eigenvalue weighted by atomic mass is 15.2. The maximum Gasteiger partial charge on any atom is 0.151 e. The van der Waals surface area contributed by atoms with E-state index in [1.165, 1.54) is 24.0 Å². The Morgan fingerprint density at radius 3 is 2.57 bits per heavy atom. The van der Waals surface area contributed by atoms with Gasteiger partial charge >= 0.3 is 0 Å². The first kappa shape index (κ1) is 13.9. The molecule has 2 unspecified atom stereocenters. The van der Waals surface area contributed by atoms with Crippen LogP contribution in [-0.2, 0) is 0 Å². The molecular weight excluding hydrogens is 258 g/mol. The van der Waals surface area contributed by atoms with Gasteiger partial charge in [0, 0.05) is 20.3 Å². The molecule has 2 aromatic rings. The Morgan fingerprint density at radius 1 is 1.05 bits per heavy atom. The molecule has 3 rings (SSSR count). The quantitative estimate of drug-likeness (QED) is 0.914. The maximum atomic E-state index is 4.48. The van der Waals surface area contributed by atoms with Crippen LogP contribution in [0.15, 0.2) is 42.6 Å². The average Bonchev–Trinajstić information content (AvgIpc) is 2.51. The standard InChI is InChI=1S/C18H23N3/c1-13-10-11-16(15-8-5-4-7-14(13)15)20-17-9-6-12-19-18(17)21(2)3/h4-9,12-13,16,20H,10-11H2,1-3H3. The van der Waals surface area contributed by atoms with Gasteiger partial charge in [-0.1, -0.05) is 31.2 Å². The summed E-state index contributed by atoms with van der Waals surface area (Å²) >= 11 is 0. The molecule has 3 nitrogen and oxygen atoms in total. The minimum atomic E-state index is 0.375. The molecule has 0 fully saturated rings. The summed E-state index contributed by atoms with van der Waals surface area (Å²) in [6.45, 7) is 2.32. The van der Waals surface area contributed by atoms with Gasteiger partial charge in [0.1, 0.15) is 0 Å². The molecule has 1 aliphatic carbocycles. The third-order valence-electron chi connectivity index (χ3n) is 4.33. The lowest BCUT2D eigenvalue weighted by molar-refractivity contribution is 0.534. The van der Waals surface area contributed by atoms with Crippen LogP contribution in [0.5, 0.6) is 0 Å². The van der Waals surface area contributed by atoms with E-state index in [0.717, 1.165) is 11.5 Å². The van der Waals surface area contributed by atoms with Gasteiger partial charge in [-0.05, 0) is 42.0 Å². The highest BCUT2D eigenvalue weighted by Crippen LogP contribution is 2.39. The molecule has 1 heterocycles. The van der Waals surface area contributed by atoms with Crippen LogP contribution >= 0.6 is 0 Å². The summed E-state index contributed by atoms with van der Waals surface area (Å²) in [7, 11) is 4.06. The second-order valence-corrected chi connectivity index (χ2v) is 6.07. The summed E-state index contributed by atoms with van der Waals surface area (Å²) in [5, 5.41) is 3.70. The van der Waals surface area contributed by atoms with Gasteiger partial charge in [-0.25, -0.2) is 4.98 Å². The molecule has 21 heavy (non-hydrogen) atoms. The first-order chi connectivity index (χ1) is 10.2. The number of aromatic nitrogens is 1. The number of rotatable bonds is 3. The van der Waals surface area contributed by atoms with Crippen molar-refractivity contribution < 1.29 is 0 Å². The fraction of sp³-hybridized carbons (Fsp3) is 0.389. The van der Waals surface area contributed by atoms with E-state index >= 15 is 0 Å². The average molecular weight is 281 g/mol. The zero-order valence-electron chi connectivity index (χ0n) is 13.0. The molecule has 1 N–H and O–H groups in total. The van der Waals surface area contributed by atoms with Gasteiger partial charge in [-0.2, -0.15) is 0 Å². The summed E-state index contributed by atoms with van der Waals surface area (Å²) in [6, 6.07) is 13.3. The van der Waals surface area contributed by atoms with Gasteiger partial charge in [0.25, 0.3) is 0 Å². The van der Waals surface area contributed by atoms with Gasteiger partial charge in [-0.3, -0.25) is 0 Å². The van der Waals surface area contributed by atoms with E-state index in [4.69, 9.17) is 0 Å². The largest absolute Gasteiger partial charge is 0.375 e. The van der Waals surface area contributed by atoms with Crippen molar-refractivity contribution in [2.75, 3.05) is 24.3 Å². The van der Waals surface area contributed by atoms with Crippen molar-refractivity contribution in [3.8, 4) is 0 Å². The summed E-state index contributed by atoms with van der Waals surface area (Å²) in [5.41, 5.74) is 4.03. The minimum Gasteiger partial charge on any atom is -0.375 e. The fourth-order valence-electron chi connectivity index (χ4n) is 3.21. The third-order valence-corrected chi connectivity index (χ3v) is 4.33. The molecule has 0 bridgehead atoms. The van der Waals surface area contributed by atoms with Crippen LogP contribution in [0.3, 0.4) is 0 Å². The predicted molar refractivity (Wildman–Crippen MR) is 89.0 cm³/mol. The number of pyridine rings is 1. The molecule has 0 saturated carbocycles. The Labute approximate surface area is 127 Å². The second kappa shape index (κ2) is 5.76. The first-order valence-corrected chi connectivity index (χ1v) is 7.64. The van der Waals surface area contributed by atoms with Crippen molar-refractivity contribution in [3.05, 3.63) is 53.7 Å². The van der Waals surface area contributed by atoms with Crippen molar-refractivity contribution in [3.63, 3.8) is 0 Å². The van der Waals surface area contributed by atoms with Crippen LogP contribution in [0, 0.1) is 0 Å². The molecule has 1 aliphatic rings. The van der Waals surface area contributed by atoms with E-state index in [-0.39, 0.29) is 0 Å². The molecule has 3 heteroatoms. The molecule has 0 amide bonds. The van der Waals surface area contributed by atoms with Crippen LogP contribution in [0.4, 0.5) is 11.5 Å². The molecule has 0 spiro atoms. The molecule has 1 aromatic heterocycles. The number of benzene rings is 1. The molecule has 2 atom stereocenters. The Morgan fingerprint density at radius 2 is 1.81 bits per heavy atom. The van der Waals surface area contributed by atoms with Gasteiger partial charge in [0.2, 0.25) is 0 Å². The van der Waals surface area contributed by atoms with Gasteiger partial charge in [-0.15, -0.1) is 0 Å². The SMILES string of the molecule is CC1CCC(Nc2cccnc2N(C)C)c2ccccc21. The lowest BCUT2D eigenvalue weighted by Crippen LogP contribution is -2.21. The number of nitrogens with one attached hydrogen (secondary N) is 1. The smallest absolute Gasteiger partial charge is 0.151 e. The normalized spacial score (nSPS) is 20.7. The number of nitrogens with zero attached hydrogens (tertiary/aromatic N) is 2. The van der Waals surface area contributed by atoms with Crippen LogP contribution < -0.4 is 10.2 Å². The Kier molecular flexibility index (Phi) is 3.82. The van der Waals surface area contributed by atoms with Crippen LogP contribution in [0.25, 0.3) is 0 Å². The van der Waals surface area contributed by atoms with Crippen molar-refractivity contribution in [2.24, 2.45) is 0 Å². The van der Waals surface area contributed by atoms with Crippen molar-refractivity contribution in [1.29, 1.82) is 0 Å². The molecule has 0 saturated heterocycles. The zero-order chi connectivity index (χ0) is 14.8. The maximum absolute atomic E-state index is 4.48. The molecule has 0 aliphatic heterocycles. The van der Waals surface area contributed by atoms with E-state index in [9.17, 15) is 0 Å². The van der Waals surface area contributed by atoms with E-state index in [0.29, 0.717) is 12.0 Å². The predicted octanol–water partition coefficient (Wildman–Crippen LogP) is 4.20. The number of fused-ring (bicyclic) bond motifs is 1. The van der Waals surface area contributed by atoms with E-state index in [1.807, 2.05) is 26.4 Å². The first-order valence-electron chi connectivity index (χ1n) is 7.64. The van der Waals surface area contributed by atoms with Crippen molar-refractivity contribution in [2.45, 2.75) is 31.7 Å². The number of hydrogen-bond donors (Lipinski definition) is 1. The molecule has 1 aromatic carbocycles. The number of hydrogen-bond acceptors (Lipinski definition) is 3. The number of anilines is 2. The zero-order valence-corrected chi connectivity index (χ0v) is 13.0. The van der Waals surface area contributed by atoms with Crippen LogP contribution in [-0.4, -0.2) is 19.1 Å². The summed E-state index contributed by atoms with van der Waals surface area (Å²) < 4.78 is 0. The van der Waals surface area contributed by atoms with Crippen LogP contribution in [0.2, 0.25) is 0 Å². The van der Waals surface area contributed by atoms with Crippen molar-refractivity contribution in [1.82, 2.24) is 4.98 Å². The Bertz CT molecular complexity index is 621. The summed E-state index contributed by atoms with van der Waals surface area (Å²) in [6.07, 6.45) is 4.24. The van der Waals surface area contributed by atoms with Gasteiger partial charge in [0.15, 0.2) is 5.82 Å². The molecule has 110 valence electrons.